The van der Waals surface area contributed by atoms with Crippen molar-refractivity contribution < 1.29 is 17.6 Å². The lowest BCUT2D eigenvalue weighted by Crippen LogP contribution is -2.27. The monoisotopic (exact) mass is 489 g/mol. The van der Waals surface area contributed by atoms with Gasteiger partial charge in [0.2, 0.25) is 15.9 Å². The second kappa shape index (κ2) is 9.70. The van der Waals surface area contributed by atoms with Crippen molar-refractivity contribution in [2.45, 2.75) is 55.5 Å². The fourth-order valence-corrected chi connectivity index (χ4v) is 6.15. The Kier molecular flexibility index (Phi) is 6.91. The van der Waals surface area contributed by atoms with Crippen LogP contribution in [-0.4, -0.2) is 51.7 Å². The van der Waals surface area contributed by atoms with E-state index in [4.69, 9.17) is 4.42 Å². The molecule has 1 fully saturated rings. The van der Waals surface area contributed by atoms with Crippen LogP contribution in [0.15, 0.2) is 51.1 Å². The van der Waals surface area contributed by atoms with E-state index < -0.39 is 15.3 Å². The number of carbonyl (C=O) groups is 1. The van der Waals surface area contributed by atoms with Gasteiger partial charge in [-0.2, -0.15) is 4.31 Å². The molecular weight excluding hydrogens is 462 g/mol. The minimum atomic E-state index is -3.48. The van der Waals surface area contributed by atoms with Crippen molar-refractivity contribution in [3.63, 3.8) is 0 Å². The predicted octanol–water partition coefficient (Wildman–Crippen LogP) is 3.77. The average Bonchev–Trinajstić information content (AvgIpc) is 3.55. The molecule has 0 spiro atoms. The van der Waals surface area contributed by atoms with Gasteiger partial charge in [0.25, 0.3) is 0 Å². The molecule has 0 bridgehead atoms. The summed E-state index contributed by atoms with van der Waals surface area (Å²) in [5.74, 6) is 1.25. The summed E-state index contributed by atoms with van der Waals surface area (Å²) in [7, 11) is -3.48. The molecule has 0 radical (unpaired) electrons. The fraction of sp³-hybridized carbons (Fsp3) is 0.409. The molecule has 176 valence electrons. The molecule has 2 aromatic heterocycles. The molecule has 1 N–H and O–H groups in total. The van der Waals surface area contributed by atoms with Crippen molar-refractivity contribution in [1.29, 1.82) is 0 Å². The Morgan fingerprint density at radius 1 is 1.18 bits per heavy atom. The van der Waals surface area contributed by atoms with E-state index in [0.717, 1.165) is 24.2 Å². The third-order valence-electron chi connectivity index (χ3n) is 5.61. The van der Waals surface area contributed by atoms with Gasteiger partial charge in [0, 0.05) is 25.3 Å². The Bertz CT molecular complexity index is 1230. The highest BCUT2D eigenvalue weighted by atomic mass is 32.2. The number of aryl methyl sites for hydroxylation is 1. The fourth-order valence-electron chi connectivity index (χ4n) is 3.72. The van der Waals surface area contributed by atoms with Gasteiger partial charge in [-0.15, -0.1) is 10.2 Å². The summed E-state index contributed by atoms with van der Waals surface area (Å²) in [5.41, 5.74) is 1.41. The molecule has 9 nitrogen and oxygen atoms in total. The number of sulfonamides is 1. The number of carbonyl (C=O) groups excluding carboxylic acids is 1. The molecule has 1 unspecified atom stereocenters. The topological polar surface area (TPSA) is 110 Å². The summed E-state index contributed by atoms with van der Waals surface area (Å²) in [4.78, 5) is 13.0. The maximum absolute atomic E-state index is 12.8. The molecule has 0 aliphatic carbocycles. The van der Waals surface area contributed by atoms with Crippen molar-refractivity contribution in [2.24, 2.45) is 0 Å². The van der Waals surface area contributed by atoms with Crippen LogP contribution in [0.5, 0.6) is 0 Å². The second-order valence-electron chi connectivity index (χ2n) is 7.83. The van der Waals surface area contributed by atoms with Gasteiger partial charge in [-0.3, -0.25) is 4.79 Å². The molecule has 4 rings (SSSR count). The van der Waals surface area contributed by atoms with Crippen LogP contribution in [0.4, 0.5) is 5.69 Å². The molecule has 1 aromatic carbocycles. The zero-order valence-electron chi connectivity index (χ0n) is 18.8. The maximum atomic E-state index is 12.8. The summed E-state index contributed by atoms with van der Waals surface area (Å²) in [6, 6.07) is 8.16. The summed E-state index contributed by atoms with van der Waals surface area (Å²) in [5, 5.41) is 11.6. The van der Waals surface area contributed by atoms with E-state index in [1.807, 2.05) is 24.5 Å². The van der Waals surface area contributed by atoms with Gasteiger partial charge < -0.3 is 14.3 Å². The van der Waals surface area contributed by atoms with Crippen molar-refractivity contribution in [1.82, 2.24) is 19.1 Å². The smallest absolute Gasteiger partial charge is 0.243 e. The first-order chi connectivity index (χ1) is 15.8. The molecule has 1 saturated heterocycles. The summed E-state index contributed by atoms with van der Waals surface area (Å²) < 4.78 is 34.2. The average molecular weight is 490 g/mol. The Labute approximate surface area is 197 Å². The van der Waals surface area contributed by atoms with Gasteiger partial charge in [0.1, 0.15) is 5.76 Å². The molecule has 1 atom stereocenters. The molecular formula is C22H27N5O4S2. The summed E-state index contributed by atoms with van der Waals surface area (Å²) >= 11 is 1.31. The van der Waals surface area contributed by atoms with E-state index in [2.05, 4.69) is 15.5 Å². The predicted molar refractivity (Wildman–Crippen MR) is 127 cm³/mol. The van der Waals surface area contributed by atoms with Crippen molar-refractivity contribution in [3.8, 4) is 11.4 Å². The van der Waals surface area contributed by atoms with Gasteiger partial charge in [0.05, 0.1) is 22.0 Å². The van der Waals surface area contributed by atoms with Crippen LogP contribution in [0.2, 0.25) is 0 Å². The normalized spacial score (nSPS) is 15.6. The Morgan fingerprint density at radius 3 is 2.48 bits per heavy atom. The summed E-state index contributed by atoms with van der Waals surface area (Å²) in [6.45, 7) is 7.42. The number of anilines is 1. The molecule has 1 aliphatic rings. The van der Waals surface area contributed by atoms with Crippen molar-refractivity contribution in [3.05, 3.63) is 42.4 Å². The number of amides is 1. The van der Waals surface area contributed by atoms with E-state index >= 15 is 0 Å². The van der Waals surface area contributed by atoms with Crippen LogP contribution in [0.25, 0.3) is 11.4 Å². The van der Waals surface area contributed by atoms with Gasteiger partial charge in [-0.1, -0.05) is 11.8 Å². The molecule has 1 aliphatic heterocycles. The van der Waals surface area contributed by atoms with Gasteiger partial charge in [-0.05, 0) is 63.9 Å². The second-order valence-corrected chi connectivity index (χ2v) is 11.1. The third-order valence-corrected chi connectivity index (χ3v) is 8.60. The Balaban J connectivity index is 1.42. The van der Waals surface area contributed by atoms with Crippen LogP contribution >= 0.6 is 11.8 Å². The number of nitrogens with one attached hydrogen (secondary N) is 1. The first kappa shape index (κ1) is 23.5. The quantitative estimate of drug-likeness (QED) is 0.480. The van der Waals surface area contributed by atoms with E-state index in [1.165, 1.54) is 28.2 Å². The number of furan rings is 1. The van der Waals surface area contributed by atoms with E-state index in [-0.39, 0.29) is 10.8 Å². The number of benzene rings is 1. The van der Waals surface area contributed by atoms with Crippen molar-refractivity contribution >= 4 is 33.4 Å². The molecule has 33 heavy (non-hydrogen) atoms. The SMILES string of the molecule is CCn1c(SC(C)C(=O)Nc2ccc(S(=O)(=O)N3CCCC3)cc2)nnc1-c1ccoc1C. The van der Waals surface area contributed by atoms with Crippen LogP contribution < -0.4 is 5.32 Å². The highest BCUT2D eigenvalue weighted by Gasteiger charge is 2.27. The number of aromatic nitrogens is 3. The number of thioether (sulfide) groups is 1. The standard InChI is InChI=1S/C22H27N5O4S2/c1-4-27-20(19-11-14-31-15(19)2)24-25-22(27)32-16(3)21(28)23-17-7-9-18(10-8-17)33(29,30)26-12-5-6-13-26/h7-11,14,16H,4-6,12-13H2,1-3H3,(H,23,28). The van der Waals surface area contributed by atoms with E-state index in [0.29, 0.717) is 36.3 Å². The van der Waals surface area contributed by atoms with Gasteiger partial charge in [-0.25, -0.2) is 8.42 Å². The third kappa shape index (κ3) is 4.85. The lowest BCUT2D eigenvalue weighted by Gasteiger charge is -2.16. The first-order valence-electron chi connectivity index (χ1n) is 10.9. The highest BCUT2D eigenvalue weighted by Crippen LogP contribution is 2.29. The van der Waals surface area contributed by atoms with Gasteiger partial charge in [0.15, 0.2) is 11.0 Å². The number of hydrogen-bond donors (Lipinski definition) is 1. The molecule has 0 saturated carbocycles. The van der Waals surface area contributed by atoms with E-state index in [1.54, 1.807) is 25.3 Å². The number of hydrogen-bond acceptors (Lipinski definition) is 7. The minimum absolute atomic E-state index is 0.207. The summed E-state index contributed by atoms with van der Waals surface area (Å²) in [6.07, 6.45) is 3.39. The number of nitrogens with zero attached hydrogens (tertiary/aromatic N) is 4. The largest absolute Gasteiger partial charge is 0.469 e. The van der Waals surface area contributed by atoms with Crippen LogP contribution in [-0.2, 0) is 21.4 Å². The van der Waals surface area contributed by atoms with Gasteiger partial charge >= 0.3 is 0 Å². The Morgan fingerprint density at radius 2 is 1.88 bits per heavy atom. The zero-order valence-corrected chi connectivity index (χ0v) is 20.4. The molecule has 3 aromatic rings. The maximum Gasteiger partial charge on any atom is 0.243 e. The van der Waals surface area contributed by atoms with E-state index in [9.17, 15) is 13.2 Å². The van der Waals surface area contributed by atoms with Crippen LogP contribution in [0, 0.1) is 6.92 Å². The Hall–Kier alpha value is -2.63. The highest BCUT2D eigenvalue weighted by molar-refractivity contribution is 8.00. The van der Waals surface area contributed by atoms with Crippen molar-refractivity contribution in [2.75, 3.05) is 18.4 Å². The van der Waals surface area contributed by atoms with Crippen LogP contribution in [0.1, 0.15) is 32.4 Å². The molecule has 1 amide bonds. The van der Waals surface area contributed by atoms with Crippen LogP contribution in [0.3, 0.4) is 0 Å². The minimum Gasteiger partial charge on any atom is -0.469 e. The zero-order chi connectivity index (χ0) is 23.6. The first-order valence-corrected chi connectivity index (χ1v) is 13.2. The molecule has 3 heterocycles. The lowest BCUT2D eigenvalue weighted by atomic mass is 10.2. The molecule has 11 heteroatoms. The lowest BCUT2D eigenvalue weighted by molar-refractivity contribution is -0.115. The number of rotatable bonds is 8.